The van der Waals surface area contributed by atoms with E-state index >= 15 is 0 Å². The predicted octanol–water partition coefficient (Wildman–Crippen LogP) is 4.62. The van der Waals surface area contributed by atoms with Gasteiger partial charge in [0.15, 0.2) is 5.96 Å². The van der Waals surface area contributed by atoms with Gasteiger partial charge in [-0.2, -0.15) is 0 Å². The zero-order valence-corrected chi connectivity index (χ0v) is 19.2. The maximum absolute atomic E-state index is 13.3. The summed E-state index contributed by atoms with van der Waals surface area (Å²) in [6, 6.07) is 13.2. The summed E-state index contributed by atoms with van der Waals surface area (Å²) in [5.41, 5.74) is 4.69. The van der Waals surface area contributed by atoms with Crippen molar-refractivity contribution in [3.63, 3.8) is 0 Å². The van der Waals surface area contributed by atoms with Gasteiger partial charge in [0.1, 0.15) is 12.1 Å². The molecule has 5 nitrogen and oxygen atoms in total. The van der Waals surface area contributed by atoms with Crippen molar-refractivity contribution in [2.24, 2.45) is 4.99 Å². The number of aromatic nitrogens is 1. The van der Waals surface area contributed by atoms with E-state index in [1.54, 1.807) is 26.3 Å². The van der Waals surface area contributed by atoms with Crippen LogP contribution in [0, 0.1) is 19.7 Å². The van der Waals surface area contributed by atoms with Gasteiger partial charge in [0, 0.05) is 32.1 Å². The van der Waals surface area contributed by atoms with Crippen LogP contribution in [0.4, 0.5) is 4.39 Å². The SMILES string of the molecule is CN=C(NCCc1coc(-c2ccc(C)cc2)n1)NCc1ccc(F)c(C)c1.I. The summed E-state index contributed by atoms with van der Waals surface area (Å²) in [4.78, 5) is 8.75. The second kappa shape index (κ2) is 10.9. The summed E-state index contributed by atoms with van der Waals surface area (Å²) in [6.07, 6.45) is 2.40. The Hall–Kier alpha value is -2.42. The van der Waals surface area contributed by atoms with Crippen LogP contribution in [0.25, 0.3) is 11.5 Å². The normalized spacial score (nSPS) is 11.1. The average Bonchev–Trinajstić information content (AvgIpc) is 3.16. The molecule has 0 aliphatic carbocycles. The van der Waals surface area contributed by atoms with Gasteiger partial charge < -0.3 is 15.1 Å². The highest BCUT2D eigenvalue weighted by Crippen LogP contribution is 2.19. The molecule has 0 radical (unpaired) electrons. The number of hydrogen-bond donors (Lipinski definition) is 2. The Labute approximate surface area is 187 Å². The Balaban J connectivity index is 0.00000300. The summed E-state index contributed by atoms with van der Waals surface area (Å²) in [6.45, 7) is 5.05. The molecule has 3 aromatic rings. The lowest BCUT2D eigenvalue weighted by molar-refractivity contribution is 0.572. The van der Waals surface area contributed by atoms with Gasteiger partial charge in [-0.25, -0.2) is 9.37 Å². The van der Waals surface area contributed by atoms with E-state index in [2.05, 4.69) is 27.5 Å². The molecule has 1 heterocycles. The third kappa shape index (κ3) is 6.56. The van der Waals surface area contributed by atoms with Gasteiger partial charge >= 0.3 is 0 Å². The third-order valence-corrected chi connectivity index (χ3v) is 4.43. The number of oxazole rings is 1. The molecule has 154 valence electrons. The van der Waals surface area contributed by atoms with Gasteiger partial charge in [-0.15, -0.1) is 24.0 Å². The van der Waals surface area contributed by atoms with Crippen LogP contribution < -0.4 is 10.6 Å². The van der Waals surface area contributed by atoms with Gasteiger partial charge in [-0.05, 0) is 43.2 Å². The fourth-order valence-corrected chi connectivity index (χ4v) is 2.78. The summed E-state index contributed by atoms with van der Waals surface area (Å²) < 4.78 is 18.9. The van der Waals surface area contributed by atoms with E-state index in [9.17, 15) is 4.39 Å². The Morgan fingerprint density at radius 3 is 2.55 bits per heavy atom. The second-order valence-corrected chi connectivity index (χ2v) is 6.70. The average molecular weight is 508 g/mol. The minimum Gasteiger partial charge on any atom is -0.444 e. The van der Waals surface area contributed by atoms with Crippen molar-refractivity contribution >= 4 is 29.9 Å². The number of benzene rings is 2. The summed E-state index contributed by atoms with van der Waals surface area (Å²) in [5, 5.41) is 6.48. The Morgan fingerprint density at radius 2 is 1.86 bits per heavy atom. The molecule has 0 atom stereocenters. The molecule has 0 saturated heterocycles. The molecule has 0 amide bonds. The van der Waals surface area contributed by atoms with Crippen LogP contribution in [0.5, 0.6) is 0 Å². The van der Waals surface area contributed by atoms with Crippen molar-refractivity contribution in [1.29, 1.82) is 0 Å². The van der Waals surface area contributed by atoms with Crippen molar-refractivity contribution in [3.05, 3.63) is 76.9 Å². The molecule has 0 saturated carbocycles. The smallest absolute Gasteiger partial charge is 0.226 e. The highest BCUT2D eigenvalue weighted by atomic mass is 127. The van der Waals surface area contributed by atoms with E-state index in [1.165, 1.54) is 11.6 Å². The molecule has 0 aliphatic rings. The van der Waals surface area contributed by atoms with Gasteiger partial charge in [0.2, 0.25) is 5.89 Å². The lowest BCUT2D eigenvalue weighted by Crippen LogP contribution is -2.37. The standard InChI is InChI=1S/C22H25FN4O.HI/c1-15-4-7-18(8-5-15)21-27-19(14-28-21)10-11-25-22(24-3)26-13-17-6-9-20(23)16(2)12-17;/h4-9,12,14H,10-11,13H2,1-3H3,(H2,24,25,26);1H. The molecule has 0 unspecified atom stereocenters. The van der Waals surface area contributed by atoms with Gasteiger partial charge in [-0.1, -0.05) is 29.8 Å². The lowest BCUT2D eigenvalue weighted by atomic mass is 10.1. The van der Waals surface area contributed by atoms with E-state index in [1.807, 2.05) is 30.3 Å². The number of nitrogens with zero attached hydrogens (tertiary/aromatic N) is 2. The Kier molecular flexibility index (Phi) is 8.63. The zero-order valence-electron chi connectivity index (χ0n) is 16.8. The van der Waals surface area contributed by atoms with Crippen LogP contribution in [0.15, 0.2) is 58.1 Å². The number of aryl methyl sites for hydroxylation is 2. The molecule has 0 fully saturated rings. The van der Waals surface area contributed by atoms with Gasteiger partial charge in [0.25, 0.3) is 0 Å². The summed E-state index contributed by atoms with van der Waals surface area (Å²) in [7, 11) is 1.72. The first-order valence-corrected chi connectivity index (χ1v) is 9.26. The van der Waals surface area contributed by atoms with E-state index in [0.717, 1.165) is 16.8 Å². The number of hydrogen-bond acceptors (Lipinski definition) is 3. The van der Waals surface area contributed by atoms with Crippen molar-refractivity contribution in [2.75, 3.05) is 13.6 Å². The molecule has 0 bridgehead atoms. The first kappa shape index (κ1) is 22.9. The number of halogens is 2. The summed E-state index contributed by atoms with van der Waals surface area (Å²) in [5.74, 6) is 1.12. The van der Waals surface area contributed by atoms with Crippen LogP contribution in [0.3, 0.4) is 0 Å². The van der Waals surface area contributed by atoms with Crippen molar-refractivity contribution in [1.82, 2.24) is 15.6 Å². The molecular weight excluding hydrogens is 482 g/mol. The fraction of sp³-hybridized carbons (Fsp3) is 0.273. The van der Waals surface area contributed by atoms with Crippen LogP contribution in [0.2, 0.25) is 0 Å². The van der Waals surface area contributed by atoms with Crippen molar-refractivity contribution < 1.29 is 8.81 Å². The number of guanidine groups is 1. The minimum atomic E-state index is -0.191. The maximum Gasteiger partial charge on any atom is 0.226 e. The zero-order chi connectivity index (χ0) is 19.9. The monoisotopic (exact) mass is 508 g/mol. The van der Waals surface area contributed by atoms with Crippen LogP contribution in [0.1, 0.15) is 22.4 Å². The maximum atomic E-state index is 13.3. The highest BCUT2D eigenvalue weighted by molar-refractivity contribution is 14.0. The molecule has 2 N–H and O–H groups in total. The first-order valence-electron chi connectivity index (χ1n) is 9.26. The molecule has 1 aromatic heterocycles. The van der Waals surface area contributed by atoms with Crippen LogP contribution in [-0.4, -0.2) is 24.5 Å². The van der Waals surface area contributed by atoms with Crippen molar-refractivity contribution in [2.45, 2.75) is 26.8 Å². The van der Waals surface area contributed by atoms with E-state index in [4.69, 9.17) is 4.42 Å². The lowest BCUT2D eigenvalue weighted by Gasteiger charge is -2.12. The van der Waals surface area contributed by atoms with E-state index in [0.29, 0.717) is 36.9 Å². The highest BCUT2D eigenvalue weighted by Gasteiger charge is 2.07. The molecule has 29 heavy (non-hydrogen) atoms. The molecule has 0 spiro atoms. The molecule has 3 rings (SSSR count). The largest absolute Gasteiger partial charge is 0.444 e. The van der Waals surface area contributed by atoms with E-state index in [-0.39, 0.29) is 29.8 Å². The van der Waals surface area contributed by atoms with Crippen LogP contribution in [-0.2, 0) is 13.0 Å². The second-order valence-electron chi connectivity index (χ2n) is 6.70. The fourth-order valence-electron chi connectivity index (χ4n) is 2.78. The molecular formula is C22H26FIN4O. The van der Waals surface area contributed by atoms with E-state index < -0.39 is 0 Å². The van der Waals surface area contributed by atoms with Crippen LogP contribution >= 0.6 is 24.0 Å². The topological polar surface area (TPSA) is 62.5 Å². The Bertz CT molecular complexity index is 954. The number of aliphatic imine (C=N–C) groups is 1. The minimum absolute atomic E-state index is 0. The summed E-state index contributed by atoms with van der Waals surface area (Å²) >= 11 is 0. The molecule has 7 heteroatoms. The predicted molar refractivity (Wildman–Crippen MR) is 125 cm³/mol. The number of rotatable bonds is 6. The quantitative estimate of drug-likeness (QED) is 0.290. The Morgan fingerprint density at radius 1 is 1.10 bits per heavy atom. The van der Waals surface area contributed by atoms with Gasteiger partial charge in [-0.3, -0.25) is 4.99 Å². The first-order chi connectivity index (χ1) is 13.5. The number of nitrogens with one attached hydrogen (secondary N) is 2. The van der Waals surface area contributed by atoms with Gasteiger partial charge in [0.05, 0.1) is 5.69 Å². The third-order valence-electron chi connectivity index (χ3n) is 4.43. The molecule has 2 aromatic carbocycles. The van der Waals surface area contributed by atoms with Crippen molar-refractivity contribution in [3.8, 4) is 11.5 Å². The molecule has 0 aliphatic heterocycles.